The summed E-state index contributed by atoms with van der Waals surface area (Å²) in [7, 11) is 0. The van der Waals surface area contributed by atoms with Gasteiger partial charge in [-0.05, 0) is 29.7 Å². The van der Waals surface area contributed by atoms with Gasteiger partial charge in [-0.25, -0.2) is 4.39 Å². The molecule has 0 saturated carbocycles. The fourth-order valence-electron chi connectivity index (χ4n) is 1.51. The Kier molecular flexibility index (Phi) is 4.42. The Morgan fingerprint density at radius 2 is 2.22 bits per heavy atom. The maximum Gasteiger partial charge on any atom is 0.133 e. The molecule has 2 rings (SSSR count). The van der Waals surface area contributed by atoms with Crippen molar-refractivity contribution >= 4 is 27.5 Å². The number of hydrogen-bond donors (Lipinski definition) is 1. The molecule has 0 aliphatic carbocycles. The van der Waals surface area contributed by atoms with E-state index >= 15 is 0 Å². The lowest BCUT2D eigenvalue weighted by molar-refractivity contribution is 0.592. The molecule has 1 aromatic heterocycles. The summed E-state index contributed by atoms with van der Waals surface area (Å²) in [5, 5.41) is 7.32. The topological polar surface area (TPSA) is 37.8 Å². The minimum absolute atomic E-state index is 0.289. The molecule has 0 unspecified atom stereocenters. The Morgan fingerprint density at radius 1 is 1.44 bits per heavy atom. The minimum atomic E-state index is -0.289. The van der Waals surface area contributed by atoms with Crippen LogP contribution >= 0.6 is 27.5 Å². The van der Waals surface area contributed by atoms with Gasteiger partial charge >= 0.3 is 0 Å². The fourth-order valence-corrected chi connectivity index (χ4v) is 2.45. The molecular weight excluding hydrogens is 317 g/mol. The van der Waals surface area contributed by atoms with Crippen LogP contribution in [0.3, 0.4) is 0 Å². The molecule has 0 bridgehead atoms. The molecule has 3 nitrogen and oxygen atoms in total. The second-order valence-corrected chi connectivity index (χ2v) is 5.96. The van der Waals surface area contributed by atoms with Gasteiger partial charge in [0.2, 0.25) is 0 Å². The highest BCUT2D eigenvalue weighted by Crippen LogP contribution is 2.28. The van der Waals surface area contributed by atoms with Gasteiger partial charge < -0.3 is 5.32 Å². The van der Waals surface area contributed by atoms with Crippen LogP contribution in [0, 0.1) is 5.82 Å². The highest BCUT2D eigenvalue weighted by atomic mass is 79.9. The number of aromatic nitrogens is 2. The first-order chi connectivity index (χ1) is 8.58. The first-order valence-electron chi connectivity index (χ1n) is 5.58. The molecule has 96 valence electrons. The molecule has 0 amide bonds. The Labute approximate surface area is 118 Å². The van der Waals surface area contributed by atoms with Gasteiger partial charge in [0.05, 0.1) is 4.88 Å². The molecule has 0 aliphatic heterocycles. The van der Waals surface area contributed by atoms with E-state index in [2.05, 4.69) is 44.7 Å². The van der Waals surface area contributed by atoms with Crippen molar-refractivity contribution in [2.24, 2.45) is 0 Å². The SMILES string of the molecule is CC(C)NCc1snnc1-c1ccc(Br)cc1F. The number of nitrogens with zero attached hydrogens (tertiary/aromatic N) is 2. The van der Waals surface area contributed by atoms with Crippen molar-refractivity contribution in [3.05, 3.63) is 33.4 Å². The zero-order chi connectivity index (χ0) is 13.1. The minimum Gasteiger partial charge on any atom is -0.310 e. The summed E-state index contributed by atoms with van der Waals surface area (Å²) < 4.78 is 18.5. The molecule has 6 heteroatoms. The van der Waals surface area contributed by atoms with Crippen molar-refractivity contribution in [3.8, 4) is 11.3 Å². The summed E-state index contributed by atoms with van der Waals surface area (Å²) in [6.45, 7) is 4.78. The van der Waals surface area contributed by atoms with E-state index in [1.54, 1.807) is 12.1 Å². The number of nitrogens with one attached hydrogen (secondary N) is 1. The number of halogens is 2. The lowest BCUT2D eigenvalue weighted by Crippen LogP contribution is -2.21. The smallest absolute Gasteiger partial charge is 0.133 e. The van der Waals surface area contributed by atoms with E-state index in [1.807, 2.05) is 0 Å². The van der Waals surface area contributed by atoms with Gasteiger partial charge in [0, 0.05) is 22.6 Å². The molecule has 0 saturated heterocycles. The van der Waals surface area contributed by atoms with Crippen molar-refractivity contribution < 1.29 is 4.39 Å². The van der Waals surface area contributed by atoms with E-state index in [0.717, 1.165) is 4.88 Å². The molecule has 0 atom stereocenters. The van der Waals surface area contributed by atoms with Crippen LogP contribution in [0.2, 0.25) is 0 Å². The van der Waals surface area contributed by atoms with Crippen LogP contribution in [0.25, 0.3) is 11.3 Å². The van der Waals surface area contributed by atoms with Crippen LogP contribution in [0.5, 0.6) is 0 Å². The maximum absolute atomic E-state index is 13.9. The molecule has 0 aliphatic rings. The second kappa shape index (κ2) is 5.86. The average molecular weight is 330 g/mol. The zero-order valence-corrected chi connectivity index (χ0v) is 12.5. The van der Waals surface area contributed by atoms with Crippen LogP contribution in [0.4, 0.5) is 4.39 Å². The third kappa shape index (κ3) is 3.13. The van der Waals surface area contributed by atoms with Crippen LogP contribution < -0.4 is 5.32 Å². The van der Waals surface area contributed by atoms with Gasteiger partial charge in [-0.2, -0.15) is 0 Å². The molecular formula is C12H13BrFN3S. The molecule has 1 N–H and O–H groups in total. The van der Waals surface area contributed by atoms with Crippen LogP contribution in [-0.4, -0.2) is 15.6 Å². The Balaban J connectivity index is 2.30. The number of hydrogen-bond acceptors (Lipinski definition) is 4. The summed E-state index contributed by atoms with van der Waals surface area (Å²) in [5.74, 6) is -0.289. The normalized spacial score (nSPS) is 11.2. The molecule has 0 fully saturated rings. The first-order valence-corrected chi connectivity index (χ1v) is 7.14. The second-order valence-electron chi connectivity index (χ2n) is 4.20. The standard InChI is InChI=1S/C12H13BrFN3S/c1-7(2)15-6-11-12(16-17-18-11)9-4-3-8(13)5-10(9)14/h3-5,7,15H,6H2,1-2H3. The molecule has 1 aromatic carbocycles. The average Bonchev–Trinajstić information content (AvgIpc) is 2.74. The monoisotopic (exact) mass is 329 g/mol. The van der Waals surface area contributed by atoms with E-state index in [4.69, 9.17) is 0 Å². The molecule has 0 spiro atoms. The van der Waals surface area contributed by atoms with E-state index in [1.165, 1.54) is 17.6 Å². The zero-order valence-electron chi connectivity index (χ0n) is 10.1. The van der Waals surface area contributed by atoms with Gasteiger partial charge in [-0.1, -0.05) is 34.3 Å². The largest absolute Gasteiger partial charge is 0.310 e. The van der Waals surface area contributed by atoms with Gasteiger partial charge in [0.1, 0.15) is 11.5 Å². The molecule has 2 aromatic rings. The summed E-state index contributed by atoms with van der Waals surface area (Å²) >= 11 is 4.54. The van der Waals surface area contributed by atoms with Crippen molar-refractivity contribution in [2.45, 2.75) is 26.4 Å². The highest BCUT2D eigenvalue weighted by molar-refractivity contribution is 9.10. The highest BCUT2D eigenvalue weighted by Gasteiger charge is 2.14. The summed E-state index contributed by atoms with van der Waals surface area (Å²) in [6.07, 6.45) is 0. The molecule has 0 radical (unpaired) electrons. The molecule has 18 heavy (non-hydrogen) atoms. The van der Waals surface area contributed by atoms with Crippen molar-refractivity contribution in [2.75, 3.05) is 0 Å². The lowest BCUT2D eigenvalue weighted by Gasteiger charge is -2.07. The predicted molar refractivity (Wildman–Crippen MR) is 75.0 cm³/mol. The van der Waals surface area contributed by atoms with Crippen molar-refractivity contribution in [1.29, 1.82) is 0 Å². The Hall–Kier alpha value is -0.850. The van der Waals surface area contributed by atoms with E-state index in [0.29, 0.717) is 28.3 Å². The third-order valence-electron chi connectivity index (χ3n) is 2.41. The third-order valence-corrected chi connectivity index (χ3v) is 3.63. The molecule has 1 heterocycles. The quantitative estimate of drug-likeness (QED) is 0.931. The predicted octanol–water partition coefficient (Wildman–Crippen LogP) is 3.60. The number of rotatable bonds is 4. The Bertz CT molecular complexity index is 542. The van der Waals surface area contributed by atoms with Crippen LogP contribution in [-0.2, 0) is 6.54 Å². The summed E-state index contributed by atoms with van der Waals surface area (Å²) in [5.41, 5.74) is 1.12. The first kappa shape index (κ1) is 13.6. The van der Waals surface area contributed by atoms with Gasteiger partial charge in [0.25, 0.3) is 0 Å². The van der Waals surface area contributed by atoms with E-state index in [9.17, 15) is 4.39 Å². The van der Waals surface area contributed by atoms with Gasteiger partial charge in [-0.15, -0.1) is 5.10 Å². The Morgan fingerprint density at radius 3 is 2.89 bits per heavy atom. The van der Waals surface area contributed by atoms with Crippen LogP contribution in [0.15, 0.2) is 22.7 Å². The van der Waals surface area contributed by atoms with Crippen molar-refractivity contribution in [1.82, 2.24) is 14.9 Å². The van der Waals surface area contributed by atoms with Gasteiger partial charge in [-0.3, -0.25) is 0 Å². The summed E-state index contributed by atoms with van der Waals surface area (Å²) in [6, 6.07) is 5.33. The summed E-state index contributed by atoms with van der Waals surface area (Å²) in [4.78, 5) is 0.949. The van der Waals surface area contributed by atoms with Crippen LogP contribution in [0.1, 0.15) is 18.7 Å². The number of benzene rings is 1. The van der Waals surface area contributed by atoms with E-state index in [-0.39, 0.29) is 5.82 Å². The lowest BCUT2D eigenvalue weighted by atomic mass is 10.1. The van der Waals surface area contributed by atoms with Crippen molar-refractivity contribution in [3.63, 3.8) is 0 Å². The van der Waals surface area contributed by atoms with Gasteiger partial charge in [0.15, 0.2) is 0 Å². The maximum atomic E-state index is 13.9. The fraction of sp³-hybridized carbons (Fsp3) is 0.333. The van der Waals surface area contributed by atoms with E-state index < -0.39 is 0 Å².